The highest BCUT2D eigenvalue weighted by molar-refractivity contribution is 5.61. The third-order valence-electron chi connectivity index (χ3n) is 5.76. The Labute approximate surface area is 147 Å². The van der Waals surface area contributed by atoms with E-state index in [1.165, 1.54) is 31.4 Å². The molecule has 1 unspecified atom stereocenters. The lowest BCUT2D eigenvalue weighted by molar-refractivity contribution is -0.00164. The summed E-state index contributed by atoms with van der Waals surface area (Å²) in [7, 11) is 0. The molecule has 25 heavy (non-hydrogen) atoms. The molecule has 1 saturated heterocycles. The normalized spacial score (nSPS) is 30.3. The van der Waals surface area contributed by atoms with E-state index in [1.807, 2.05) is 17.2 Å². The summed E-state index contributed by atoms with van der Waals surface area (Å²) in [5.41, 5.74) is 12.8. The lowest BCUT2D eigenvalue weighted by Crippen LogP contribution is -2.51. The Bertz CT molecular complexity index is 690. The van der Waals surface area contributed by atoms with Crippen LogP contribution in [0.3, 0.4) is 0 Å². The molecule has 3 N–H and O–H groups in total. The van der Waals surface area contributed by atoms with Gasteiger partial charge in [0.25, 0.3) is 0 Å². The predicted octanol–water partition coefficient (Wildman–Crippen LogP) is 0.881. The highest BCUT2D eigenvalue weighted by atomic mass is 16.5. The van der Waals surface area contributed by atoms with Gasteiger partial charge in [0.1, 0.15) is 6.33 Å². The van der Waals surface area contributed by atoms with Crippen LogP contribution in [0.25, 0.3) is 11.4 Å². The van der Waals surface area contributed by atoms with Crippen molar-refractivity contribution in [2.24, 2.45) is 5.92 Å². The Kier molecular flexibility index (Phi) is 4.05. The second-order valence-corrected chi connectivity index (χ2v) is 7.26. The lowest BCUT2D eigenvalue weighted by atomic mass is 9.80. The molecule has 1 saturated carbocycles. The van der Waals surface area contributed by atoms with Gasteiger partial charge < -0.3 is 4.74 Å². The second kappa shape index (κ2) is 6.53. The number of hydrogen-bond acceptors (Lipinski definition) is 7. The van der Waals surface area contributed by atoms with E-state index in [1.54, 1.807) is 0 Å². The van der Waals surface area contributed by atoms with Gasteiger partial charge >= 0.3 is 0 Å². The maximum atomic E-state index is 5.43. The summed E-state index contributed by atoms with van der Waals surface area (Å²) in [5.74, 6) is 1.47. The molecule has 1 atom stereocenters. The minimum atomic E-state index is 0.319. The zero-order valence-electron chi connectivity index (χ0n) is 14.3. The fourth-order valence-corrected chi connectivity index (χ4v) is 4.42. The molecule has 0 amide bonds. The number of nitrogens with one attached hydrogen (secondary N) is 3. The van der Waals surface area contributed by atoms with Crippen molar-refractivity contribution in [1.82, 2.24) is 30.5 Å². The SMILES string of the molecule is c1cc2c3n(cnc-2n1)NNC3C1CCC(NN2CCOCC2)CC1. The maximum absolute atomic E-state index is 5.43. The number of ether oxygens (including phenoxy) is 1. The Morgan fingerprint density at radius 2 is 1.96 bits per heavy atom. The van der Waals surface area contributed by atoms with Crippen LogP contribution in [0.4, 0.5) is 0 Å². The Balaban J connectivity index is 1.25. The van der Waals surface area contributed by atoms with Crippen molar-refractivity contribution in [2.75, 3.05) is 31.8 Å². The summed E-state index contributed by atoms with van der Waals surface area (Å²) < 4.78 is 7.43. The van der Waals surface area contributed by atoms with E-state index in [0.29, 0.717) is 18.0 Å². The van der Waals surface area contributed by atoms with Gasteiger partial charge in [-0.3, -0.25) is 11.0 Å². The number of fused-ring (bicyclic) bond motifs is 3. The molecule has 0 radical (unpaired) electrons. The quantitative estimate of drug-likeness (QED) is 0.763. The third kappa shape index (κ3) is 2.89. The van der Waals surface area contributed by atoms with Gasteiger partial charge in [-0.2, -0.15) is 0 Å². The molecule has 1 aliphatic carbocycles. The number of hydrazine groups is 2. The van der Waals surface area contributed by atoms with E-state index in [0.717, 1.165) is 37.7 Å². The molecule has 4 heterocycles. The van der Waals surface area contributed by atoms with E-state index < -0.39 is 0 Å². The van der Waals surface area contributed by atoms with Crippen LogP contribution in [0.15, 0.2) is 18.6 Å². The lowest BCUT2D eigenvalue weighted by Gasteiger charge is -2.36. The maximum Gasteiger partial charge on any atom is 0.162 e. The summed E-state index contributed by atoms with van der Waals surface area (Å²) >= 11 is 0. The van der Waals surface area contributed by atoms with Crippen LogP contribution >= 0.6 is 0 Å². The Hall–Kier alpha value is -1.74. The zero-order chi connectivity index (χ0) is 16.6. The molecular weight excluding hydrogens is 318 g/mol. The summed E-state index contributed by atoms with van der Waals surface area (Å²) in [6, 6.07) is 2.98. The molecule has 5 aliphatic rings. The van der Waals surface area contributed by atoms with Crippen LogP contribution in [-0.2, 0) is 4.74 Å². The van der Waals surface area contributed by atoms with Crippen LogP contribution in [0.1, 0.15) is 37.4 Å². The van der Waals surface area contributed by atoms with Gasteiger partial charge in [0.2, 0.25) is 0 Å². The number of morpholine rings is 1. The van der Waals surface area contributed by atoms with Crippen LogP contribution in [-0.4, -0.2) is 52.0 Å². The van der Waals surface area contributed by atoms with E-state index >= 15 is 0 Å². The largest absolute Gasteiger partial charge is 0.379 e. The molecule has 4 aliphatic heterocycles. The summed E-state index contributed by atoms with van der Waals surface area (Å²) in [5, 5.41) is 2.33. The van der Waals surface area contributed by atoms with Gasteiger partial charge in [-0.1, -0.05) is 0 Å². The van der Waals surface area contributed by atoms with Gasteiger partial charge in [-0.15, -0.1) is 0 Å². The third-order valence-corrected chi connectivity index (χ3v) is 5.76. The first kappa shape index (κ1) is 15.5. The highest BCUT2D eigenvalue weighted by Crippen LogP contribution is 2.39. The van der Waals surface area contributed by atoms with Crippen LogP contribution < -0.4 is 16.4 Å². The monoisotopic (exact) mass is 343 g/mol. The Morgan fingerprint density at radius 3 is 2.80 bits per heavy atom. The summed E-state index contributed by atoms with van der Waals surface area (Å²) in [4.78, 5) is 8.74. The van der Waals surface area contributed by atoms with Gasteiger partial charge in [0.05, 0.1) is 24.9 Å². The number of nitrogens with zero attached hydrogens (tertiary/aromatic N) is 4. The van der Waals surface area contributed by atoms with E-state index in [-0.39, 0.29) is 0 Å². The molecule has 8 nitrogen and oxygen atoms in total. The van der Waals surface area contributed by atoms with Gasteiger partial charge in [-0.05, 0) is 37.7 Å². The molecular formula is C17H25N7O. The van der Waals surface area contributed by atoms with E-state index in [2.05, 4.69) is 37.4 Å². The average molecular weight is 343 g/mol. The number of rotatable bonds is 3. The molecule has 5 rings (SSSR count). The molecule has 2 fully saturated rings. The van der Waals surface area contributed by atoms with Crippen molar-refractivity contribution < 1.29 is 4.74 Å². The van der Waals surface area contributed by atoms with Crippen molar-refractivity contribution in [1.29, 1.82) is 0 Å². The fraction of sp³-hybridized carbons (Fsp3) is 0.647. The minimum absolute atomic E-state index is 0.319. The zero-order valence-corrected chi connectivity index (χ0v) is 14.3. The second-order valence-electron chi connectivity index (χ2n) is 7.26. The van der Waals surface area contributed by atoms with Gasteiger partial charge in [-0.25, -0.2) is 25.1 Å². The highest BCUT2D eigenvalue weighted by Gasteiger charge is 2.36. The average Bonchev–Trinajstić information content (AvgIpc) is 3.29. The van der Waals surface area contributed by atoms with Crippen molar-refractivity contribution in [3.63, 3.8) is 0 Å². The summed E-state index contributed by atoms with van der Waals surface area (Å²) in [6.45, 7) is 3.66. The van der Waals surface area contributed by atoms with Gasteiger partial charge in [0.15, 0.2) is 5.82 Å². The van der Waals surface area contributed by atoms with Crippen LogP contribution in [0, 0.1) is 5.92 Å². The first-order valence-corrected chi connectivity index (χ1v) is 9.31. The molecule has 0 bridgehead atoms. The van der Waals surface area contributed by atoms with Crippen molar-refractivity contribution >= 4 is 0 Å². The molecule has 0 aromatic carbocycles. The topological polar surface area (TPSA) is 79.3 Å². The van der Waals surface area contributed by atoms with E-state index in [4.69, 9.17) is 4.74 Å². The molecule has 0 aromatic heterocycles. The van der Waals surface area contributed by atoms with E-state index in [9.17, 15) is 0 Å². The first-order chi connectivity index (χ1) is 12.4. The van der Waals surface area contributed by atoms with Gasteiger partial charge in [0, 0.05) is 30.9 Å². The van der Waals surface area contributed by atoms with Crippen LogP contribution in [0.5, 0.6) is 0 Å². The summed E-state index contributed by atoms with van der Waals surface area (Å²) in [6.07, 6.45) is 8.54. The van der Waals surface area contributed by atoms with Crippen molar-refractivity contribution in [2.45, 2.75) is 37.8 Å². The number of hydrogen-bond donors (Lipinski definition) is 3. The van der Waals surface area contributed by atoms with Crippen molar-refractivity contribution in [3.05, 3.63) is 24.3 Å². The smallest absolute Gasteiger partial charge is 0.162 e. The van der Waals surface area contributed by atoms with Crippen molar-refractivity contribution in [3.8, 4) is 11.4 Å². The molecule has 134 valence electrons. The number of aromatic nitrogens is 3. The molecule has 0 aromatic rings. The predicted molar refractivity (Wildman–Crippen MR) is 93.2 cm³/mol. The first-order valence-electron chi connectivity index (χ1n) is 9.31. The molecule has 8 heteroatoms. The standard InChI is InChI=1S/C17H25N7O/c1-3-13(21-23-7-9-25-10-8-23)4-2-12(1)15-16-14-5-6-18-17(14)19-11-24(16)22-20-15/h5-6,11-13,15,20-22H,1-4,7-10H2. The molecule has 0 spiro atoms. The minimum Gasteiger partial charge on any atom is -0.379 e. The van der Waals surface area contributed by atoms with Crippen LogP contribution in [0.2, 0.25) is 0 Å². The fourth-order valence-electron chi connectivity index (χ4n) is 4.42. The Morgan fingerprint density at radius 1 is 1.12 bits per heavy atom.